The molecule has 62 valence electrons. The van der Waals surface area contributed by atoms with Crippen LogP contribution >= 0.6 is 0 Å². The number of nitrogens with one attached hydrogen (secondary N) is 1. The SMILES string of the molecule is C/C=C(\CC)C(=O)NC(N)=O. The van der Waals surface area contributed by atoms with E-state index >= 15 is 0 Å². The largest absolute Gasteiger partial charge is 0.351 e. The summed E-state index contributed by atoms with van der Waals surface area (Å²) in [6.45, 7) is 3.56. The Morgan fingerprint density at radius 1 is 1.55 bits per heavy atom. The molecule has 0 aliphatic carbocycles. The van der Waals surface area contributed by atoms with E-state index in [4.69, 9.17) is 5.73 Å². The summed E-state index contributed by atoms with van der Waals surface area (Å²) in [6, 6.07) is -0.817. The van der Waals surface area contributed by atoms with Gasteiger partial charge in [-0.15, -0.1) is 0 Å². The van der Waals surface area contributed by atoms with E-state index in [1.165, 1.54) is 0 Å². The van der Waals surface area contributed by atoms with Crippen LogP contribution in [0.3, 0.4) is 0 Å². The molecule has 0 rings (SSSR count). The van der Waals surface area contributed by atoms with Crippen LogP contribution in [0.2, 0.25) is 0 Å². The number of nitrogens with two attached hydrogens (primary N) is 1. The molecule has 0 heterocycles. The predicted octanol–water partition coefficient (Wildman–Crippen LogP) is 0.538. The van der Waals surface area contributed by atoms with Gasteiger partial charge in [0.1, 0.15) is 0 Å². The lowest BCUT2D eigenvalue weighted by Crippen LogP contribution is -2.35. The Morgan fingerprint density at radius 2 is 2.09 bits per heavy atom. The van der Waals surface area contributed by atoms with E-state index in [1.54, 1.807) is 13.0 Å². The molecule has 0 aromatic rings. The maximum absolute atomic E-state index is 10.9. The maximum atomic E-state index is 10.9. The number of carbonyl (C=O) groups is 2. The highest BCUT2D eigenvalue weighted by molar-refractivity contribution is 6.03. The van der Waals surface area contributed by atoms with Crippen molar-refractivity contribution >= 4 is 11.9 Å². The lowest BCUT2D eigenvalue weighted by atomic mass is 10.2. The summed E-state index contributed by atoms with van der Waals surface area (Å²) in [5.41, 5.74) is 5.30. The first kappa shape index (κ1) is 9.68. The van der Waals surface area contributed by atoms with Crippen molar-refractivity contribution in [3.8, 4) is 0 Å². The molecule has 4 nitrogen and oxygen atoms in total. The van der Waals surface area contributed by atoms with Gasteiger partial charge in [0.05, 0.1) is 0 Å². The first-order valence-electron chi connectivity index (χ1n) is 3.37. The Morgan fingerprint density at radius 3 is 2.36 bits per heavy atom. The second-order valence-electron chi connectivity index (χ2n) is 1.99. The zero-order chi connectivity index (χ0) is 8.85. The van der Waals surface area contributed by atoms with Crippen molar-refractivity contribution in [3.63, 3.8) is 0 Å². The standard InChI is InChI=1S/C7H12N2O2/c1-3-5(4-2)6(10)9-7(8)11/h3H,4H2,1-2H3,(H3,8,9,10,11)/b5-3+. The Hall–Kier alpha value is -1.32. The van der Waals surface area contributed by atoms with Gasteiger partial charge in [0.15, 0.2) is 0 Å². The van der Waals surface area contributed by atoms with E-state index in [9.17, 15) is 9.59 Å². The Bertz CT molecular complexity index is 197. The maximum Gasteiger partial charge on any atom is 0.319 e. The summed E-state index contributed by atoms with van der Waals surface area (Å²) in [4.78, 5) is 21.1. The zero-order valence-electron chi connectivity index (χ0n) is 6.68. The van der Waals surface area contributed by atoms with Crippen LogP contribution in [0.15, 0.2) is 11.6 Å². The molecule has 0 spiro atoms. The van der Waals surface area contributed by atoms with Crippen molar-refractivity contribution in [1.29, 1.82) is 0 Å². The fraction of sp³-hybridized carbons (Fsp3) is 0.429. The number of imide groups is 1. The highest BCUT2D eigenvalue weighted by Crippen LogP contribution is 1.98. The summed E-state index contributed by atoms with van der Waals surface area (Å²) < 4.78 is 0. The van der Waals surface area contributed by atoms with Crippen molar-refractivity contribution in [3.05, 3.63) is 11.6 Å². The van der Waals surface area contributed by atoms with Crippen LogP contribution in [-0.2, 0) is 4.79 Å². The van der Waals surface area contributed by atoms with Gasteiger partial charge in [-0.3, -0.25) is 10.1 Å². The van der Waals surface area contributed by atoms with E-state index < -0.39 is 11.9 Å². The van der Waals surface area contributed by atoms with Gasteiger partial charge in [-0.1, -0.05) is 13.0 Å². The molecule has 0 saturated carbocycles. The van der Waals surface area contributed by atoms with Gasteiger partial charge < -0.3 is 5.73 Å². The summed E-state index contributed by atoms with van der Waals surface area (Å²) in [6.07, 6.45) is 2.24. The minimum absolute atomic E-state index is 0.414. The third-order valence-electron chi connectivity index (χ3n) is 1.26. The lowest BCUT2D eigenvalue weighted by molar-refractivity contribution is -0.116. The van der Waals surface area contributed by atoms with E-state index in [0.29, 0.717) is 12.0 Å². The second kappa shape index (κ2) is 4.49. The van der Waals surface area contributed by atoms with Crippen LogP contribution < -0.4 is 11.1 Å². The van der Waals surface area contributed by atoms with Crippen LogP contribution in [0.1, 0.15) is 20.3 Å². The topological polar surface area (TPSA) is 72.2 Å². The zero-order valence-corrected chi connectivity index (χ0v) is 6.68. The molecular formula is C7H12N2O2. The number of primary amides is 1. The van der Waals surface area contributed by atoms with Gasteiger partial charge in [-0.2, -0.15) is 0 Å². The minimum atomic E-state index is -0.817. The number of hydrogen-bond donors (Lipinski definition) is 2. The van der Waals surface area contributed by atoms with Crippen LogP contribution in [0.25, 0.3) is 0 Å². The summed E-state index contributed by atoms with van der Waals surface area (Å²) in [5, 5.41) is 1.98. The number of hydrogen-bond acceptors (Lipinski definition) is 2. The Kier molecular flexibility index (Phi) is 3.95. The fourth-order valence-electron chi connectivity index (χ4n) is 0.688. The predicted molar refractivity (Wildman–Crippen MR) is 41.8 cm³/mol. The highest BCUT2D eigenvalue weighted by atomic mass is 16.2. The van der Waals surface area contributed by atoms with E-state index in [2.05, 4.69) is 0 Å². The summed E-state index contributed by atoms with van der Waals surface area (Å²) in [7, 11) is 0. The third kappa shape index (κ3) is 3.40. The fourth-order valence-corrected chi connectivity index (χ4v) is 0.688. The first-order chi connectivity index (χ1) is 5.11. The summed E-state index contributed by atoms with van der Waals surface area (Å²) >= 11 is 0. The molecule has 3 amide bonds. The van der Waals surface area contributed by atoms with Crippen LogP contribution in [-0.4, -0.2) is 11.9 Å². The lowest BCUT2D eigenvalue weighted by Gasteiger charge is -2.01. The van der Waals surface area contributed by atoms with Gasteiger partial charge in [0.2, 0.25) is 0 Å². The monoisotopic (exact) mass is 156 g/mol. The first-order valence-corrected chi connectivity index (χ1v) is 3.37. The number of carbonyl (C=O) groups excluding carboxylic acids is 2. The molecule has 0 aliphatic rings. The Labute approximate surface area is 65.5 Å². The number of urea groups is 1. The van der Waals surface area contributed by atoms with Crippen LogP contribution in [0.4, 0.5) is 4.79 Å². The second-order valence-corrected chi connectivity index (χ2v) is 1.99. The molecular weight excluding hydrogens is 144 g/mol. The third-order valence-corrected chi connectivity index (χ3v) is 1.26. The van der Waals surface area contributed by atoms with Crippen molar-refractivity contribution in [2.45, 2.75) is 20.3 Å². The molecule has 4 heteroatoms. The molecule has 0 aromatic heterocycles. The van der Waals surface area contributed by atoms with E-state index in [0.717, 1.165) is 0 Å². The molecule has 0 saturated heterocycles. The Balaban J connectivity index is 4.12. The van der Waals surface area contributed by atoms with Crippen LogP contribution in [0, 0.1) is 0 Å². The average molecular weight is 156 g/mol. The quantitative estimate of drug-likeness (QED) is 0.572. The van der Waals surface area contributed by atoms with Crippen molar-refractivity contribution in [1.82, 2.24) is 5.32 Å². The van der Waals surface area contributed by atoms with Crippen LogP contribution in [0.5, 0.6) is 0 Å². The minimum Gasteiger partial charge on any atom is -0.351 e. The van der Waals surface area contributed by atoms with Gasteiger partial charge >= 0.3 is 6.03 Å². The van der Waals surface area contributed by atoms with Crippen molar-refractivity contribution in [2.75, 3.05) is 0 Å². The molecule has 3 N–H and O–H groups in total. The summed E-state index contributed by atoms with van der Waals surface area (Å²) in [5.74, 6) is -0.414. The highest BCUT2D eigenvalue weighted by Gasteiger charge is 2.06. The van der Waals surface area contributed by atoms with E-state index in [-0.39, 0.29) is 0 Å². The van der Waals surface area contributed by atoms with Gasteiger partial charge in [-0.05, 0) is 13.3 Å². The average Bonchev–Trinajstić information content (AvgIpc) is 1.88. The number of allylic oxidation sites excluding steroid dienone is 1. The number of amides is 3. The molecule has 11 heavy (non-hydrogen) atoms. The molecule has 0 fully saturated rings. The van der Waals surface area contributed by atoms with Crippen molar-refractivity contribution < 1.29 is 9.59 Å². The molecule has 0 radical (unpaired) electrons. The van der Waals surface area contributed by atoms with Crippen molar-refractivity contribution in [2.24, 2.45) is 5.73 Å². The van der Waals surface area contributed by atoms with Gasteiger partial charge in [0.25, 0.3) is 5.91 Å². The number of rotatable bonds is 2. The molecule has 0 aromatic carbocycles. The molecule has 0 bridgehead atoms. The molecule has 0 atom stereocenters. The van der Waals surface area contributed by atoms with Gasteiger partial charge in [-0.25, -0.2) is 4.79 Å². The normalized spacial score (nSPS) is 10.9. The molecule has 0 unspecified atom stereocenters. The molecule has 0 aliphatic heterocycles. The van der Waals surface area contributed by atoms with Gasteiger partial charge in [0, 0.05) is 5.57 Å². The smallest absolute Gasteiger partial charge is 0.319 e. The van der Waals surface area contributed by atoms with E-state index in [1.807, 2.05) is 12.2 Å².